The van der Waals surface area contributed by atoms with E-state index < -0.39 is 0 Å². The fourth-order valence-corrected chi connectivity index (χ4v) is 5.78. The number of amides is 1. The SMILES string of the molecule is CC1=C(c2cc3c(-c4ccccn4)cccc3[nH]2)c2cc(-c3cncc(NC(=O)C4CC4)c3)cnc2[C@H](C)C1. The lowest BCUT2D eigenvalue weighted by Crippen LogP contribution is -2.13. The van der Waals surface area contributed by atoms with E-state index >= 15 is 0 Å². The quantitative estimate of drug-likeness (QED) is 0.258. The Bertz CT molecular complexity index is 1760. The summed E-state index contributed by atoms with van der Waals surface area (Å²) in [6.45, 7) is 4.47. The number of fused-ring (bicyclic) bond motifs is 2. The van der Waals surface area contributed by atoms with Crippen LogP contribution in [0, 0.1) is 5.92 Å². The summed E-state index contributed by atoms with van der Waals surface area (Å²) in [7, 11) is 0. The maximum absolute atomic E-state index is 12.3. The predicted molar refractivity (Wildman–Crippen MR) is 155 cm³/mol. The number of anilines is 1. The van der Waals surface area contributed by atoms with Crippen molar-refractivity contribution in [3.8, 4) is 22.4 Å². The van der Waals surface area contributed by atoms with E-state index in [0.29, 0.717) is 5.92 Å². The van der Waals surface area contributed by atoms with Crippen molar-refractivity contribution in [2.24, 2.45) is 5.92 Å². The minimum absolute atomic E-state index is 0.0797. The van der Waals surface area contributed by atoms with Gasteiger partial charge in [-0.25, -0.2) is 0 Å². The molecule has 0 saturated heterocycles. The minimum atomic E-state index is 0.0797. The Balaban J connectivity index is 1.31. The molecule has 0 aliphatic heterocycles. The Hall–Kier alpha value is -4.58. The summed E-state index contributed by atoms with van der Waals surface area (Å²) in [5, 5.41) is 4.17. The van der Waals surface area contributed by atoms with E-state index in [2.05, 4.69) is 70.5 Å². The minimum Gasteiger partial charge on any atom is -0.354 e. The molecule has 6 heteroatoms. The molecule has 192 valence electrons. The molecule has 0 bridgehead atoms. The first-order chi connectivity index (χ1) is 19.0. The number of benzene rings is 1. The van der Waals surface area contributed by atoms with Crippen molar-refractivity contribution in [2.75, 3.05) is 5.32 Å². The number of carbonyl (C=O) groups is 1. The molecule has 5 aromatic rings. The van der Waals surface area contributed by atoms with Gasteiger partial charge < -0.3 is 10.3 Å². The maximum Gasteiger partial charge on any atom is 0.227 e. The van der Waals surface area contributed by atoms with Crippen LogP contribution in [0.4, 0.5) is 5.69 Å². The molecule has 1 fully saturated rings. The van der Waals surface area contributed by atoms with Crippen LogP contribution in [0.3, 0.4) is 0 Å². The summed E-state index contributed by atoms with van der Waals surface area (Å²) < 4.78 is 0. The molecule has 0 spiro atoms. The number of nitrogens with zero attached hydrogens (tertiary/aromatic N) is 3. The Labute approximate surface area is 227 Å². The molecule has 1 atom stereocenters. The van der Waals surface area contributed by atoms with Gasteiger partial charge in [0.1, 0.15) is 0 Å². The summed E-state index contributed by atoms with van der Waals surface area (Å²) in [6.07, 6.45) is 10.2. The van der Waals surface area contributed by atoms with Gasteiger partial charge in [-0.2, -0.15) is 0 Å². The van der Waals surface area contributed by atoms with Crippen molar-refractivity contribution < 1.29 is 4.79 Å². The molecule has 2 aliphatic rings. The van der Waals surface area contributed by atoms with E-state index in [4.69, 9.17) is 4.98 Å². The highest BCUT2D eigenvalue weighted by Gasteiger charge is 2.30. The highest BCUT2D eigenvalue weighted by atomic mass is 16.2. The van der Waals surface area contributed by atoms with Gasteiger partial charge in [-0.05, 0) is 62.6 Å². The number of rotatable bonds is 5. The van der Waals surface area contributed by atoms with Crippen LogP contribution in [0.1, 0.15) is 56.0 Å². The zero-order chi connectivity index (χ0) is 26.5. The molecule has 0 radical (unpaired) electrons. The van der Waals surface area contributed by atoms with Crippen molar-refractivity contribution in [1.82, 2.24) is 19.9 Å². The molecule has 4 aromatic heterocycles. The lowest BCUT2D eigenvalue weighted by atomic mass is 9.81. The maximum atomic E-state index is 12.3. The molecule has 1 amide bonds. The monoisotopic (exact) mass is 511 g/mol. The van der Waals surface area contributed by atoms with Crippen LogP contribution in [0.25, 0.3) is 38.9 Å². The molecule has 0 unspecified atom stereocenters. The smallest absolute Gasteiger partial charge is 0.227 e. The number of allylic oxidation sites excluding steroid dienone is 1. The second-order valence-electron chi connectivity index (χ2n) is 10.8. The molecule has 6 nitrogen and oxygen atoms in total. The van der Waals surface area contributed by atoms with Crippen LogP contribution in [0.5, 0.6) is 0 Å². The average molecular weight is 512 g/mol. The Morgan fingerprint density at radius 3 is 2.64 bits per heavy atom. The molecular weight excluding hydrogens is 482 g/mol. The first kappa shape index (κ1) is 23.5. The zero-order valence-corrected chi connectivity index (χ0v) is 22.0. The van der Waals surface area contributed by atoms with Gasteiger partial charge in [-0.1, -0.05) is 30.7 Å². The van der Waals surface area contributed by atoms with Gasteiger partial charge in [0.2, 0.25) is 5.91 Å². The topological polar surface area (TPSA) is 83.6 Å². The van der Waals surface area contributed by atoms with E-state index in [9.17, 15) is 4.79 Å². The number of H-pyrrole nitrogens is 1. The van der Waals surface area contributed by atoms with Gasteiger partial charge in [0.15, 0.2) is 0 Å². The normalized spacial score (nSPS) is 16.8. The first-order valence-corrected chi connectivity index (χ1v) is 13.5. The standard InChI is InChI=1S/C33H29N5O/c1-19-12-20(2)32-27(14-23(17-36-32)22-13-24(18-34-16-22)37-33(39)21-9-10-21)31(19)30-15-26-25(6-5-8-29(26)38-30)28-7-3-4-11-35-28/h3-8,11,13-18,20-21,38H,9-10,12H2,1-2H3,(H,37,39)/t20-/m1/s1. The van der Waals surface area contributed by atoms with E-state index in [1.807, 2.05) is 36.8 Å². The summed E-state index contributed by atoms with van der Waals surface area (Å²) >= 11 is 0. The van der Waals surface area contributed by atoms with E-state index in [1.165, 1.54) is 11.1 Å². The van der Waals surface area contributed by atoms with Gasteiger partial charge in [0.25, 0.3) is 0 Å². The molecule has 2 aliphatic carbocycles. The number of hydrogen-bond acceptors (Lipinski definition) is 4. The molecule has 1 aromatic carbocycles. The van der Waals surface area contributed by atoms with Gasteiger partial charge in [-0.15, -0.1) is 0 Å². The average Bonchev–Trinajstić information content (AvgIpc) is 3.72. The van der Waals surface area contributed by atoms with Gasteiger partial charge >= 0.3 is 0 Å². The van der Waals surface area contributed by atoms with Crippen molar-refractivity contribution in [3.05, 3.63) is 102 Å². The molecule has 1 saturated carbocycles. The van der Waals surface area contributed by atoms with E-state index in [-0.39, 0.29) is 11.8 Å². The van der Waals surface area contributed by atoms with Gasteiger partial charge in [0, 0.05) is 74.9 Å². The molecule has 39 heavy (non-hydrogen) atoms. The molecule has 7 rings (SSSR count). The fraction of sp³-hybridized carbons (Fsp3) is 0.212. The number of carbonyl (C=O) groups excluding carboxylic acids is 1. The molecule has 4 heterocycles. The van der Waals surface area contributed by atoms with Crippen LogP contribution in [-0.2, 0) is 4.79 Å². The number of aromatic amines is 1. The Kier molecular flexibility index (Phi) is 5.62. The lowest BCUT2D eigenvalue weighted by molar-refractivity contribution is -0.117. The first-order valence-electron chi connectivity index (χ1n) is 13.5. The number of hydrogen-bond donors (Lipinski definition) is 2. The number of nitrogens with one attached hydrogen (secondary N) is 2. The lowest BCUT2D eigenvalue weighted by Gasteiger charge is -2.26. The highest BCUT2D eigenvalue weighted by Crippen LogP contribution is 2.43. The number of pyridine rings is 3. The van der Waals surface area contributed by atoms with Crippen molar-refractivity contribution in [3.63, 3.8) is 0 Å². The van der Waals surface area contributed by atoms with Crippen LogP contribution >= 0.6 is 0 Å². The van der Waals surface area contributed by atoms with Crippen LogP contribution < -0.4 is 5.32 Å². The second kappa shape index (κ2) is 9.31. The fourth-order valence-electron chi connectivity index (χ4n) is 5.78. The third-order valence-corrected chi connectivity index (χ3v) is 7.86. The third kappa shape index (κ3) is 4.32. The van der Waals surface area contributed by atoms with Crippen molar-refractivity contribution >= 4 is 28.1 Å². The predicted octanol–water partition coefficient (Wildman–Crippen LogP) is 7.36. The van der Waals surface area contributed by atoms with Crippen LogP contribution in [0.15, 0.2) is 85.0 Å². The second-order valence-corrected chi connectivity index (χ2v) is 10.8. The van der Waals surface area contributed by atoms with Crippen molar-refractivity contribution in [2.45, 2.75) is 39.0 Å². The number of aromatic nitrogens is 4. The summed E-state index contributed by atoms with van der Waals surface area (Å²) in [5.74, 6) is 0.551. The highest BCUT2D eigenvalue weighted by molar-refractivity contribution is 5.99. The van der Waals surface area contributed by atoms with Crippen LogP contribution in [0.2, 0.25) is 0 Å². The Morgan fingerprint density at radius 1 is 0.949 bits per heavy atom. The van der Waals surface area contributed by atoms with Crippen LogP contribution in [-0.4, -0.2) is 25.8 Å². The third-order valence-electron chi connectivity index (χ3n) is 7.86. The molecular formula is C33H29N5O. The van der Waals surface area contributed by atoms with Gasteiger partial charge in [0.05, 0.1) is 23.3 Å². The largest absolute Gasteiger partial charge is 0.354 e. The van der Waals surface area contributed by atoms with E-state index in [1.54, 1.807) is 6.20 Å². The van der Waals surface area contributed by atoms with Gasteiger partial charge in [-0.3, -0.25) is 19.7 Å². The summed E-state index contributed by atoms with van der Waals surface area (Å²) in [6, 6.07) is 18.8. The summed E-state index contributed by atoms with van der Waals surface area (Å²) in [4.78, 5) is 30.0. The Morgan fingerprint density at radius 2 is 1.82 bits per heavy atom. The summed E-state index contributed by atoms with van der Waals surface area (Å²) in [5.41, 5.74) is 11.7. The zero-order valence-electron chi connectivity index (χ0n) is 22.0. The van der Waals surface area contributed by atoms with Crippen molar-refractivity contribution in [1.29, 1.82) is 0 Å². The molecule has 2 N–H and O–H groups in total. The van der Waals surface area contributed by atoms with E-state index in [0.717, 1.165) is 75.2 Å².